The van der Waals surface area contributed by atoms with Crippen LogP contribution in [0.3, 0.4) is 0 Å². The smallest absolute Gasteiger partial charge is 0.141 e. The van der Waals surface area contributed by atoms with Crippen molar-refractivity contribution in [3.05, 3.63) is 64.4 Å². The summed E-state index contributed by atoms with van der Waals surface area (Å²) in [5, 5.41) is 0.0892. The third-order valence-electron chi connectivity index (χ3n) is 2.71. The molecule has 0 aliphatic heterocycles. The first-order valence-corrected chi connectivity index (χ1v) is 7.32. The number of para-hydroxylation sites is 1. The predicted octanol–water partition coefficient (Wildman–Crippen LogP) is 5.04. The van der Waals surface area contributed by atoms with Gasteiger partial charge in [0, 0.05) is 12.3 Å². The molecule has 2 aromatic carbocycles. The molecule has 4 heteroatoms. The zero-order valence-electron chi connectivity index (χ0n) is 11.2. The van der Waals surface area contributed by atoms with Crippen molar-refractivity contribution in [1.82, 2.24) is 0 Å². The van der Waals surface area contributed by atoms with Crippen LogP contribution in [0.15, 0.2) is 42.5 Å². The van der Waals surface area contributed by atoms with Gasteiger partial charge in [0.1, 0.15) is 18.2 Å². The largest absolute Gasteiger partial charge is 0.488 e. The van der Waals surface area contributed by atoms with Gasteiger partial charge in [-0.15, -0.1) is 11.6 Å². The molecule has 0 aliphatic rings. The Hall–Kier alpha value is -1.69. The van der Waals surface area contributed by atoms with Crippen LogP contribution in [0.2, 0.25) is 5.02 Å². The minimum atomic E-state index is -0.437. The van der Waals surface area contributed by atoms with Gasteiger partial charge in [0.15, 0.2) is 0 Å². The van der Waals surface area contributed by atoms with E-state index in [1.807, 2.05) is 24.3 Å². The zero-order valence-corrected chi connectivity index (χ0v) is 12.7. The van der Waals surface area contributed by atoms with E-state index in [2.05, 4.69) is 11.8 Å². The fourth-order valence-electron chi connectivity index (χ4n) is 1.69. The Morgan fingerprint density at radius 3 is 2.71 bits per heavy atom. The van der Waals surface area contributed by atoms with E-state index in [-0.39, 0.29) is 5.02 Å². The molecular weight excluding hydrogens is 310 g/mol. The first-order chi connectivity index (χ1) is 10.2. The maximum Gasteiger partial charge on any atom is 0.141 e. The van der Waals surface area contributed by atoms with E-state index in [1.54, 1.807) is 12.1 Å². The van der Waals surface area contributed by atoms with E-state index in [0.29, 0.717) is 24.7 Å². The van der Waals surface area contributed by atoms with Gasteiger partial charge in [0.05, 0.1) is 10.6 Å². The third-order valence-corrected chi connectivity index (χ3v) is 3.19. The maximum absolute atomic E-state index is 13.1. The van der Waals surface area contributed by atoms with Gasteiger partial charge >= 0.3 is 0 Å². The molecule has 2 aromatic rings. The van der Waals surface area contributed by atoms with E-state index < -0.39 is 5.82 Å². The van der Waals surface area contributed by atoms with E-state index in [0.717, 1.165) is 11.1 Å². The maximum atomic E-state index is 13.1. The average molecular weight is 323 g/mol. The molecule has 0 bridgehead atoms. The van der Waals surface area contributed by atoms with Gasteiger partial charge in [-0.05, 0) is 29.8 Å². The summed E-state index contributed by atoms with van der Waals surface area (Å²) in [5.74, 6) is 6.75. The van der Waals surface area contributed by atoms with Crippen LogP contribution >= 0.6 is 23.2 Å². The molecule has 1 nitrogen and oxygen atoms in total. The summed E-state index contributed by atoms with van der Waals surface area (Å²) < 4.78 is 18.8. The molecule has 0 unspecified atom stereocenters. The summed E-state index contributed by atoms with van der Waals surface area (Å²) in [6, 6.07) is 12.0. The number of benzene rings is 2. The molecule has 0 atom stereocenters. The molecule has 0 aliphatic carbocycles. The van der Waals surface area contributed by atoms with Crippen molar-refractivity contribution in [1.29, 1.82) is 0 Å². The Bertz CT molecular complexity index is 674. The second-order valence-electron chi connectivity index (χ2n) is 4.27. The van der Waals surface area contributed by atoms with Crippen LogP contribution in [0.5, 0.6) is 5.75 Å². The highest BCUT2D eigenvalue weighted by atomic mass is 35.5. The highest BCUT2D eigenvalue weighted by molar-refractivity contribution is 6.30. The predicted molar refractivity (Wildman–Crippen MR) is 84.4 cm³/mol. The van der Waals surface area contributed by atoms with Crippen molar-refractivity contribution in [2.75, 3.05) is 5.88 Å². The van der Waals surface area contributed by atoms with E-state index >= 15 is 0 Å². The summed E-state index contributed by atoms with van der Waals surface area (Å²) in [4.78, 5) is 0. The molecule has 108 valence electrons. The summed E-state index contributed by atoms with van der Waals surface area (Å²) in [7, 11) is 0. The molecule has 21 heavy (non-hydrogen) atoms. The lowest BCUT2D eigenvalue weighted by molar-refractivity contribution is 0.305. The topological polar surface area (TPSA) is 9.23 Å². The van der Waals surface area contributed by atoms with Crippen LogP contribution in [0.25, 0.3) is 0 Å². The Morgan fingerprint density at radius 2 is 1.95 bits per heavy atom. The standard InChI is InChI=1S/C17H13Cl2FO/c18-10-4-3-6-14-5-1-2-7-17(14)21-12-13-8-9-16(20)15(19)11-13/h1-2,5,7-9,11H,4,10,12H2. The zero-order chi connectivity index (χ0) is 15.1. The summed E-state index contributed by atoms with van der Waals surface area (Å²) >= 11 is 11.3. The second kappa shape index (κ2) is 7.93. The van der Waals surface area contributed by atoms with Gasteiger partial charge in [-0.2, -0.15) is 0 Å². The van der Waals surface area contributed by atoms with Crippen LogP contribution in [-0.4, -0.2) is 5.88 Å². The molecule has 0 spiro atoms. The Labute approximate surface area is 133 Å². The lowest BCUT2D eigenvalue weighted by Crippen LogP contribution is -1.97. The van der Waals surface area contributed by atoms with Crippen molar-refractivity contribution in [3.8, 4) is 17.6 Å². The SMILES string of the molecule is Fc1ccc(COc2ccccc2C#CCCCl)cc1Cl. The van der Waals surface area contributed by atoms with E-state index in [9.17, 15) is 4.39 Å². The molecule has 0 heterocycles. The minimum absolute atomic E-state index is 0.0892. The molecule has 0 fully saturated rings. The fourth-order valence-corrected chi connectivity index (χ4v) is 1.99. The van der Waals surface area contributed by atoms with Gasteiger partial charge in [-0.1, -0.05) is 41.6 Å². The number of rotatable bonds is 4. The van der Waals surface area contributed by atoms with E-state index in [4.69, 9.17) is 27.9 Å². The van der Waals surface area contributed by atoms with Crippen molar-refractivity contribution >= 4 is 23.2 Å². The lowest BCUT2D eigenvalue weighted by Gasteiger charge is -2.08. The quantitative estimate of drug-likeness (QED) is 0.566. The first-order valence-electron chi connectivity index (χ1n) is 6.41. The molecule has 0 N–H and O–H groups in total. The Morgan fingerprint density at radius 1 is 1.14 bits per heavy atom. The van der Waals surface area contributed by atoms with Crippen LogP contribution in [0, 0.1) is 17.7 Å². The van der Waals surface area contributed by atoms with Crippen LogP contribution in [-0.2, 0) is 6.61 Å². The van der Waals surface area contributed by atoms with E-state index in [1.165, 1.54) is 6.07 Å². The Kier molecular flexibility index (Phi) is 5.92. The molecule has 0 saturated carbocycles. The van der Waals surface area contributed by atoms with Crippen LogP contribution < -0.4 is 4.74 Å². The molecule has 0 radical (unpaired) electrons. The molecule has 0 saturated heterocycles. The molecule has 0 amide bonds. The van der Waals surface area contributed by atoms with Gasteiger partial charge < -0.3 is 4.74 Å². The number of alkyl halides is 1. The molecule has 0 aromatic heterocycles. The van der Waals surface area contributed by atoms with Crippen molar-refractivity contribution in [2.45, 2.75) is 13.0 Å². The molecular formula is C17H13Cl2FO. The highest BCUT2D eigenvalue weighted by Crippen LogP contribution is 2.20. The van der Waals surface area contributed by atoms with Crippen LogP contribution in [0.1, 0.15) is 17.5 Å². The normalized spacial score (nSPS) is 9.86. The van der Waals surface area contributed by atoms with Crippen molar-refractivity contribution in [2.24, 2.45) is 0 Å². The van der Waals surface area contributed by atoms with Crippen molar-refractivity contribution < 1.29 is 9.13 Å². The van der Waals surface area contributed by atoms with Gasteiger partial charge in [-0.25, -0.2) is 4.39 Å². The Balaban J connectivity index is 2.09. The number of hydrogen-bond donors (Lipinski definition) is 0. The summed E-state index contributed by atoms with van der Waals surface area (Å²) in [6.45, 7) is 0.300. The van der Waals surface area contributed by atoms with Gasteiger partial charge in [-0.3, -0.25) is 0 Å². The first kappa shape index (κ1) is 15.7. The summed E-state index contributed by atoms with van der Waals surface area (Å²) in [5.41, 5.74) is 1.60. The number of ether oxygens (including phenoxy) is 1. The van der Waals surface area contributed by atoms with Gasteiger partial charge in [0.2, 0.25) is 0 Å². The third kappa shape index (κ3) is 4.67. The monoisotopic (exact) mass is 322 g/mol. The molecule has 2 rings (SSSR count). The highest BCUT2D eigenvalue weighted by Gasteiger charge is 2.04. The lowest BCUT2D eigenvalue weighted by atomic mass is 10.2. The minimum Gasteiger partial charge on any atom is -0.488 e. The fraction of sp³-hybridized carbons (Fsp3) is 0.176. The average Bonchev–Trinajstić information content (AvgIpc) is 2.50. The summed E-state index contributed by atoms with van der Waals surface area (Å²) in [6.07, 6.45) is 0.628. The van der Waals surface area contributed by atoms with Crippen molar-refractivity contribution in [3.63, 3.8) is 0 Å². The van der Waals surface area contributed by atoms with Crippen LogP contribution in [0.4, 0.5) is 4.39 Å². The number of hydrogen-bond acceptors (Lipinski definition) is 1. The number of halogens is 3. The van der Waals surface area contributed by atoms with Gasteiger partial charge in [0.25, 0.3) is 0 Å². The second-order valence-corrected chi connectivity index (χ2v) is 5.06.